The summed E-state index contributed by atoms with van der Waals surface area (Å²) in [5.41, 5.74) is 2.23. The third-order valence-corrected chi connectivity index (χ3v) is 5.52. The Kier molecular flexibility index (Phi) is 7.43. The van der Waals surface area contributed by atoms with E-state index in [4.69, 9.17) is 11.6 Å². The minimum Gasteiger partial charge on any atom is -0.368 e. The first-order valence-electron chi connectivity index (χ1n) is 10.0. The van der Waals surface area contributed by atoms with Crippen LogP contribution in [-0.4, -0.2) is 49.2 Å². The molecule has 3 heterocycles. The number of hydrogen-bond acceptors (Lipinski definition) is 4. The van der Waals surface area contributed by atoms with Crippen molar-refractivity contribution in [2.45, 2.75) is 25.4 Å². The Labute approximate surface area is 173 Å². The lowest BCUT2D eigenvalue weighted by atomic mass is 10.1. The normalized spacial score (nSPS) is 20.0. The molecule has 1 atom stereocenters. The van der Waals surface area contributed by atoms with Gasteiger partial charge in [0.1, 0.15) is 0 Å². The molecule has 0 saturated carbocycles. The molecule has 0 spiro atoms. The van der Waals surface area contributed by atoms with Crippen LogP contribution >= 0.6 is 11.6 Å². The molecule has 2 fully saturated rings. The van der Waals surface area contributed by atoms with Gasteiger partial charge >= 0.3 is 0 Å². The number of likely N-dealkylation sites (N-methyl/N-ethyl adjacent to an activating group) is 1. The van der Waals surface area contributed by atoms with Gasteiger partial charge in [-0.25, -0.2) is 0 Å². The lowest BCUT2D eigenvalue weighted by Gasteiger charge is -2.31. The highest BCUT2D eigenvalue weighted by Gasteiger charge is 2.16. The maximum Gasteiger partial charge on any atom is 0.0918 e. The van der Waals surface area contributed by atoms with Gasteiger partial charge in [-0.1, -0.05) is 24.3 Å². The molecule has 5 nitrogen and oxygen atoms in total. The number of H-pyrrole nitrogens is 1. The van der Waals surface area contributed by atoms with E-state index >= 15 is 0 Å². The van der Waals surface area contributed by atoms with Gasteiger partial charge in [0.25, 0.3) is 0 Å². The zero-order valence-corrected chi connectivity index (χ0v) is 17.5. The number of aromatic nitrogens is 1. The summed E-state index contributed by atoms with van der Waals surface area (Å²) in [5, 5.41) is 11.9. The van der Waals surface area contributed by atoms with E-state index in [1.165, 1.54) is 19.4 Å². The van der Waals surface area contributed by atoms with Gasteiger partial charge in [0.05, 0.1) is 12.4 Å². The van der Waals surface area contributed by atoms with Gasteiger partial charge in [-0.15, -0.1) is 6.58 Å². The van der Waals surface area contributed by atoms with Gasteiger partial charge in [0, 0.05) is 53.2 Å². The Morgan fingerprint density at radius 3 is 2.82 bits per heavy atom. The molecule has 0 amide bonds. The minimum atomic E-state index is 0.486. The Morgan fingerprint density at radius 1 is 1.36 bits per heavy atom. The number of nitrogens with zero attached hydrogens (tertiary/aromatic N) is 1. The fourth-order valence-electron chi connectivity index (χ4n) is 3.52. The first-order valence-corrected chi connectivity index (χ1v) is 10.4. The first-order chi connectivity index (χ1) is 13.5. The summed E-state index contributed by atoms with van der Waals surface area (Å²) < 4.78 is 0. The number of fused-ring (bicyclic) bond motifs is 1. The van der Waals surface area contributed by atoms with Gasteiger partial charge in [-0.05, 0) is 50.7 Å². The largest absolute Gasteiger partial charge is 0.368 e. The first kappa shape index (κ1) is 20.8. The molecule has 152 valence electrons. The molecule has 4 N–H and O–H groups in total. The molecule has 2 aliphatic heterocycles. The van der Waals surface area contributed by atoms with Crippen molar-refractivity contribution in [1.82, 2.24) is 25.8 Å². The van der Waals surface area contributed by atoms with E-state index in [9.17, 15) is 0 Å². The maximum atomic E-state index is 6.02. The summed E-state index contributed by atoms with van der Waals surface area (Å²) in [4.78, 5) is 5.75. The number of nitrogens with one attached hydrogen (secondary N) is 4. The average molecular weight is 402 g/mol. The van der Waals surface area contributed by atoms with Crippen LogP contribution in [0.25, 0.3) is 10.9 Å². The van der Waals surface area contributed by atoms with Crippen LogP contribution in [0.5, 0.6) is 0 Å². The zero-order chi connectivity index (χ0) is 19.9. The van der Waals surface area contributed by atoms with E-state index in [-0.39, 0.29) is 0 Å². The Hall–Kier alpha value is -1.95. The van der Waals surface area contributed by atoms with E-state index in [2.05, 4.69) is 52.1 Å². The predicted molar refractivity (Wildman–Crippen MR) is 119 cm³/mol. The van der Waals surface area contributed by atoms with Crippen molar-refractivity contribution < 1.29 is 0 Å². The lowest BCUT2D eigenvalue weighted by Crippen LogP contribution is -2.45. The second-order valence-corrected chi connectivity index (χ2v) is 8.19. The monoisotopic (exact) mass is 401 g/mol. The van der Waals surface area contributed by atoms with Gasteiger partial charge in [0.2, 0.25) is 0 Å². The molecule has 1 unspecified atom stereocenters. The molecule has 6 heteroatoms. The number of halogens is 1. The van der Waals surface area contributed by atoms with Crippen molar-refractivity contribution in [2.24, 2.45) is 5.92 Å². The highest BCUT2D eigenvalue weighted by molar-refractivity contribution is 6.31. The fraction of sp³-hybridized carbons (Fsp3) is 0.455. The second kappa shape index (κ2) is 10.0. The molecular formula is C22H32ClN5. The van der Waals surface area contributed by atoms with Gasteiger partial charge in [-0.2, -0.15) is 0 Å². The van der Waals surface area contributed by atoms with E-state index in [0.717, 1.165) is 59.5 Å². The molecule has 0 aliphatic carbocycles. The molecule has 2 saturated heterocycles. The summed E-state index contributed by atoms with van der Waals surface area (Å²) in [6, 6.07) is 8.49. The van der Waals surface area contributed by atoms with Crippen LogP contribution in [-0.2, 0) is 6.54 Å². The van der Waals surface area contributed by atoms with Crippen LogP contribution < -0.4 is 16.0 Å². The van der Waals surface area contributed by atoms with E-state index in [1.54, 1.807) is 0 Å². The van der Waals surface area contributed by atoms with Crippen molar-refractivity contribution in [2.75, 3.05) is 33.2 Å². The topological polar surface area (TPSA) is 55.1 Å². The molecular weight excluding hydrogens is 370 g/mol. The zero-order valence-electron chi connectivity index (χ0n) is 16.7. The van der Waals surface area contributed by atoms with E-state index < -0.39 is 0 Å². The quantitative estimate of drug-likeness (QED) is 0.560. The van der Waals surface area contributed by atoms with Crippen molar-refractivity contribution in [3.63, 3.8) is 0 Å². The molecule has 1 aromatic carbocycles. The number of likely N-dealkylation sites (tertiary alicyclic amines) is 1. The fourth-order valence-corrected chi connectivity index (χ4v) is 3.70. The Morgan fingerprint density at radius 2 is 2.18 bits per heavy atom. The van der Waals surface area contributed by atoms with Crippen LogP contribution in [0.4, 0.5) is 0 Å². The van der Waals surface area contributed by atoms with Crippen LogP contribution in [0, 0.1) is 5.92 Å². The number of benzene rings is 1. The molecule has 28 heavy (non-hydrogen) atoms. The number of rotatable bonds is 6. The second-order valence-electron chi connectivity index (χ2n) is 7.76. The lowest BCUT2D eigenvalue weighted by molar-refractivity contribution is 0.233. The Bertz CT molecular complexity index is 795. The van der Waals surface area contributed by atoms with E-state index in [0.29, 0.717) is 6.04 Å². The Balaban J connectivity index is 0.000000320. The smallest absolute Gasteiger partial charge is 0.0918 e. The van der Waals surface area contributed by atoms with Crippen LogP contribution in [0.3, 0.4) is 0 Å². The molecule has 0 radical (unpaired) electrons. The summed E-state index contributed by atoms with van der Waals surface area (Å²) >= 11 is 6.02. The van der Waals surface area contributed by atoms with Crippen LogP contribution in [0.1, 0.15) is 18.5 Å². The van der Waals surface area contributed by atoms with Gasteiger partial charge in [0.15, 0.2) is 0 Å². The molecule has 2 aromatic rings. The molecule has 2 aliphatic rings. The van der Waals surface area contributed by atoms with Crippen molar-refractivity contribution >= 4 is 22.5 Å². The molecule has 0 bridgehead atoms. The number of aromatic amines is 1. The average Bonchev–Trinajstić information content (AvgIpc) is 3.01. The van der Waals surface area contributed by atoms with Crippen LogP contribution in [0.15, 0.2) is 49.3 Å². The maximum absolute atomic E-state index is 6.02. The van der Waals surface area contributed by atoms with E-state index in [1.807, 2.05) is 24.3 Å². The SMILES string of the molecule is C=C(NCc1cc2cc(Cl)ccc2[nH]1)NC1CCCN(C)C1.C=CC1CNC1. The van der Waals surface area contributed by atoms with Crippen molar-refractivity contribution in [3.8, 4) is 0 Å². The molecule has 1 aromatic heterocycles. The van der Waals surface area contributed by atoms with Gasteiger partial charge in [-0.3, -0.25) is 0 Å². The standard InChI is InChI=1S/C17H23ClN4.C5H9N/c1-12(20-15-4-3-7-22(2)11-15)19-10-16-9-13-8-14(18)5-6-17(13)21-16;1-2-5-3-6-4-5/h5-6,8-9,15,19-21H,1,3-4,7,10-11H2,2H3;2,5-6H,1,3-4H2. The van der Waals surface area contributed by atoms with Crippen molar-refractivity contribution in [3.05, 3.63) is 60.0 Å². The highest BCUT2D eigenvalue weighted by Crippen LogP contribution is 2.20. The summed E-state index contributed by atoms with van der Waals surface area (Å²) in [5.74, 6) is 1.65. The van der Waals surface area contributed by atoms with Gasteiger partial charge < -0.3 is 25.8 Å². The minimum absolute atomic E-state index is 0.486. The third-order valence-electron chi connectivity index (χ3n) is 5.28. The molecule has 4 rings (SSSR count). The predicted octanol–water partition coefficient (Wildman–Crippen LogP) is 3.46. The summed E-state index contributed by atoms with van der Waals surface area (Å²) in [6.45, 7) is 13.0. The number of piperidine rings is 1. The summed E-state index contributed by atoms with van der Waals surface area (Å²) in [6.07, 6.45) is 4.44. The number of hydrogen-bond donors (Lipinski definition) is 4. The highest BCUT2D eigenvalue weighted by atomic mass is 35.5. The summed E-state index contributed by atoms with van der Waals surface area (Å²) in [7, 11) is 2.17. The van der Waals surface area contributed by atoms with Crippen molar-refractivity contribution in [1.29, 1.82) is 0 Å². The van der Waals surface area contributed by atoms with Crippen LogP contribution in [0.2, 0.25) is 5.02 Å². The third kappa shape index (κ3) is 6.03.